The van der Waals surface area contributed by atoms with Gasteiger partial charge in [-0.1, -0.05) is 19.3 Å². The molecular weight excluding hydrogens is 298 g/mol. The maximum atomic E-state index is 12.3. The van der Waals surface area contributed by atoms with Crippen LogP contribution in [0.2, 0.25) is 0 Å². The summed E-state index contributed by atoms with van der Waals surface area (Å²) in [4.78, 5) is 20.9. The van der Waals surface area contributed by atoms with Gasteiger partial charge >= 0.3 is 0 Å². The number of carbonyl (C=O) groups excluding carboxylic acids is 1. The van der Waals surface area contributed by atoms with Gasteiger partial charge in [-0.15, -0.1) is 0 Å². The lowest BCUT2D eigenvalue weighted by atomic mass is 9.95. The molecule has 0 aliphatic heterocycles. The van der Waals surface area contributed by atoms with Gasteiger partial charge in [0, 0.05) is 23.0 Å². The predicted octanol–water partition coefficient (Wildman–Crippen LogP) is 2.40. The summed E-state index contributed by atoms with van der Waals surface area (Å²) in [5, 5.41) is 6.13. The number of nitrogens with one attached hydrogen (secondary N) is 2. The molecule has 118 valence electrons. The summed E-state index contributed by atoms with van der Waals surface area (Å²) in [6.07, 6.45) is 6.23. The first-order chi connectivity index (χ1) is 10.5. The van der Waals surface area contributed by atoms with Crippen molar-refractivity contribution in [2.75, 3.05) is 0 Å². The highest BCUT2D eigenvalue weighted by Gasteiger charge is 2.18. The Morgan fingerprint density at radius 3 is 2.77 bits per heavy atom. The molecule has 2 heterocycles. The Kier molecular flexibility index (Phi) is 4.24. The van der Waals surface area contributed by atoms with Gasteiger partial charge in [-0.3, -0.25) is 9.89 Å². The van der Waals surface area contributed by atoms with E-state index in [0.29, 0.717) is 23.0 Å². The Bertz CT molecular complexity index is 757. The quantitative estimate of drug-likeness (QED) is 0.852. The molecule has 2 N–H and O–H groups in total. The predicted molar refractivity (Wildman–Crippen MR) is 86.4 cm³/mol. The van der Waals surface area contributed by atoms with Gasteiger partial charge in [0.05, 0.1) is 6.42 Å². The third kappa shape index (κ3) is 3.04. The maximum Gasteiger partial charge on any atom is 0.252 e. The number of nitrogens with zero attached hydrogens (tertiary/aromatic N) is 3. The molecule has 0 unspecified atom stereocenters. The second-order valence-electron chi connectivity index (χ2n) is 6.00. The van der Waals surface area contributed by atoms with Crippen LogP contribution in [0, 0.1) is 18.6 Å². The largest absolute Gasteiger partial charge is 0.353 e. The molecule has 6 nitrogen and oxygen atoms in total. The fourth-order valence-corrected chi connectivity index (χ4v) is 3.35. The Morgan fingerprint density at radius 2 is 2.05 bits per heavy atom. The lowest BCUT2D eigenvalue weighted by Gasteiger charge is -2.23. The number of hydrogen-bond acceptors (Lipinski definition) is 4. The number of aryl methyl sites for hydroxylation is 2. The highest BCUT2D eigenvalue weighted by atomic mass is 32.1. The van der Waals surface area contributed by atoms with Crippen molar-refractivity contribution < 1.29 is 4.79 Å². The van der Waals surface area contributed by atoms with Crippen LogP contribution in [0.3, 0.4) is 0 Å². The van der Waals surface area contributed by atoms with Crippen molar-refractivity contribution in [1.82, 2.24) is 24.9 Å². The van der Waals surface area contributed by atoms with Crippen molar-refractivity contribution in [2.45, 2.75) is 58.4 Å². The second-order valence-corrected chi connectivity index (χ2v) is 6.39. The molecule has 1 amide bonds. The molecule has 1 aliphatic rings. The minimum Gasteiger partial charge on any atom is -0.353 e. The zero-order valence-corrected chi connectivity index (χ0v) is 13.8. The molecule has 2 aromatic heterocycles. The van der Waals surface area contributed by atoms with Crippen LogP contribution in [0.4, 0.5) is 0 Å². The van der Waals surface area contributed by atoms with Crippen molar-refractivity contribution in [2.24, 2.45) is 0 Å². The third-order valence-electron chi connectivity index (χ3n) is 4.39. The van der Waals surface area contributed by atoms with Crippen molar-refractivity contribution in [3.63, 3.8) is 0 Å². The number of aromatic amines is 1. The fraction of sp³-hybridized carbons (Fsp3) is 0.600. The Hall–Kier alpha value is -1.76. The van der Waals surface area contributed by atoms with E-state index in [0.717, 1.165) is 29.8 Å². The Labute approximate surface area is 134 Å². The van der Waals surface area contributed by atoms with E-state index in [9.17, 15) is 4.79 Å². The van der Waals surface area contributed by atoms with Crippen LogP contribution in [0.5, 0.6) is 0 Å². The minimum atomic E-state index is 0.0676. The van der Waals surface area contributed by atoms with Crippen molar-refractivity contribution >= 4 is 23.9 Å². The van der Waals surface area contributed by atoms with Crippen LogP contribution in [-0.2, 0) is 11.2 Å². The molecule has 0 saturated heterocycles. The summed E-state index contributed by atoms with van der Waals surface area (Å²) in [6.45, 7) is 3.87. The van der Waals surface area contributed by atoms with Crippen LogP contribution in [-0.4, -0.2) is 31.5 Å². The second kappa shape index (κ2) is 6.16. The lowest BCUT2D eigenvalue weighted by Crippen LogP contribution is -2.37. The van der Waals surface area contributed by atoms with Crippen LogP contribution in [0.25, 0.3) is 5.78 Å². The molecule has 2 aromatic rings. The normalized spacial score (nSPS) is 16.1. The Morgan fingerprint density at radius 1 is 1.32 bits per heavy atom. The number of aromatic nitrogens is 4. The van der Waals surface area contributed by atoms with Crippen LogP contribution in [0.1, 0.15) is 49.1 Å². The maximum absolute atomic E-state index is 12.3. The summed E-state index contributed by atoms with van der Waals surface area (Å²) in [6, 6.07) is 0.331. The average Bonchev–Trinajstić information content (AvgIpc) is 2.85. The SMILES string of the molecule is Cc1nc2nc(=S)[nH]n2c(C)c1CC(=O)NC1CCCCC1. The fourth-order valence-electron chi connectivity index (χ4n) is 3.18. The monoisotopic (exact) mass is 319 g/mol. The molecule has 0 atom stereocenters. The highest BCUT2D eigenvalue weighted by Crippen LogP contribution is 2.18. The van der Waals surface area contributed by atoms with E-state index in [1.54, 1.807) is 4.52 Å². The molecule has 3 rings (SSSR count). The summed E-state index contributed by atoms with van der Waals surface area (Å²) in [5.41, 5.74) is 2.70. The number of fused-ring (bicyclic) bond motifs is 1. The average molecular weight is 319 g/mol. The molecule has 0 bridgehead atoms. The lowest BCUT2D eigenvalue weighted by molar-refractivity contribution is -0.121. The summed E-state index contributed by atoms with van der Waals surface area (Å²) in [7, 11) is 0. The van der Waals surface area contributed by atoms with Crippen LogP contribution >= 0.6 is 12.2 Å². The topological polar surface area (TPSA) is 75.1 Å². The van der Waals surface area contributed by atoms with Crippen molar-refractivity contribution in [3.8, 4) is 0 Å². The summed E-state index contributed by atoms with van der Waals surface area (Å²) in [5.74, 6) is 0.620. The molecule has 22 heavy (non-hydrogen) atoms. The van der Waals surface area contributed by atoms with Gasteiger partial charge in [-0.05, 0) is 38.9 Å². The van der Waals surface area contributed by atoms with Gasteiger partial charge in [-0.25, -0.2) is 9.50 Å². The first-order valence-corrected chi connectivity index (χ1v) is 8.19. The molecule has 0 aromatic carbocycles. The molecule has 1 saturated carbocycles. The number of H-pyrrole nitrogens is 1. The summed E-state index contributed by atoms with van der Waals surface area (Å²) < 4.78 is 2.15. The third-order valence-corrected chi connectivity index (χ3v) is 4.58. The van der Waals surface area contributed by atoms with Gasteiger partial charge in [0.1, 0.15) is 0 Å². The van der Waals surface area contributed by atoms with E-state index in [2.05, 4.69) is 20.4 Å². The van der Waals surface area contributed by atoms with Gasteiger partial charge in [0.2, 0.25) is 10.7 Å². The molecule has 7 heteroatoms. The number of carbonyl (C=O) groups is 1. The standard InChI is InChI=1S/C15H21N5OS/c1-9-12(8-13(21)17-11-6-4-3-5-7-11)10(2)20-14(16-9)18-15(22)19-20/h11H,3-8H2,1-2H3,(H,17,21)(H,19,22). The number of hydrogen-bond donors (Lipinski definition) is 2. The van der Waals surface area contributed by atoms with E-state index in [-0.39, 0.29) is 5.91 Å². The molecule has 0 spiro atoms. The van der Waals surface area contributed by atoms with E-state index in [1.807, 2.05) is 13.8 Å². The van der Waals surface area contributed by atoms with Crippen LogP contribution < -0.4 is 5.32 Å². The zero-order chi connectivity index (χ0) is 15.7. The zero-order valence-electron chi connectivity index (χ0n) is 13.0. The van der Waals surface area contributed by atoms with E-state index < -0.39 is 0 Å². The van der Waals surface area contributed by atoms with E-state index in [4.69, 9.17) is 12.2 Å². The van der Waals surface area contributed by atoms with Gasteiger partial charge in [-0.2, -0.15) is 4.98 Å². The first-order valence-electron chi connectivity index (χ1n) is 7.79. The van der Waals surface area contributed by atoms with Gasteiger partial charge < -0.3 is 5.32 Å². The van der Waals surface area contributed by atoms with E-state index in [1.165, 1.54) is 19.3 Å². The van der Waals surface area contributed by atoms with Crippen LogP contribution in [0.15, 0.2) is 0 Å². The molecule has 0 radical (unpaired) electrons. The minimum absolute atomic E-state index is 0.0676. The van der Waals surface area contributed by atoms with Crippen molar-refractivity contribution in [3.05, 3.63) is 21.7 Å². The van der Waals surface area contributed by atoms with Gasteiger partial charge in [0.25, 0.3) is 5.78 Å². The first kappa shape index (κ1) is 15.1. The molecular formula is C15H21N5OS. The number of rotatable bonds is 3. The highest BCUT2D eigenvalue weighted by molar-refractivity contribution is 7.71. The smallest absolute Gasteiger partial charge is 0.252 e. The molecule has 1 fully saturated rings. The van der Waals surface area contributed by atoms with Gasteiger partial charge in [0.15, 0.2) is 0 Å². The Balaban J connectivity index is 1.80. The van der Waals surface area contributed by atoms with Crippen molar-refractivity contribution in [1.29, 1.82) is 0 Å². The number of amides is 1. The van der Waals surface area contributed by atoms with E-state index >= 15 is 0 Å². The summed E-state index contributed by atoms with van der Waals surface area (Å²) >= 11 is 5.05. The molecule has 1 aliphatic carbocycles.